The fourth-order valence-corrected chi connectivity index (χ4v) is 2.73. The van der Waals surface area contributed by atoms with Crippen LogP contribution in [0.2, 0.25) is 0 Å². The molecule has 6 nitrogen and oxygen atoms in total. The molecular formula is C16H26N4O2. The van der Waals surface area contributed by atoms with Crippen molar-refractivity contribution in [1.29, 1.82) is 0 Å². The smallest absolute Gasteiger partial charge is 0.227 e. The third-order valence-electron chi connectivity index (χ3n) is 4.11. The minimum absolute atomic E-state index is 0.201. The fourth-order valence-electron chi connectivity index (χ4n) is 2.73. The maximum atomic E-state index is 12.4. The quantitative estimate of drug-likeness (QED) is 0.854. The van der Waals surface area contributed by atoms with Gasteiger partial charge in [-0.2, -0.15) is 0 Å². The summed E-state index contributed by atoms with van der Waals surface area (Å²) in [5.74, 6) is 1.59. The van der Waals surface area contributed by atoms with Crippen LogP contribution in [0.25, 0.3) is 0 Å². The maximum absolute atomic E-state index is 12.4. The first-order valence-corrected chi connectivity index (χ1v) is 7.71. The zero-order chi connectivity index (χ0) is 16.3. The van der Waals surface area contributed by atoms with Crippen molar-refractivity contribution >= 4 is 11.9 Å². The van der Waals surface area contributed by atoms with Gasteiger partial charge in [-0.1, -0.05) is 20.8 Å². The lowest BCUT2D eigenvalue weighted by Crippen LogP contribution is -2.49. The summed E-state index contributed by atoms with van der Waals surface area (Å²) in [7, 11) is 3.52. The van der Waals surface area contributed by atoms with Crippen LogP contribution in [0.1, 0.15) is 33.6 Å². The molecule has 1 aliphatic heterocycles. The van der Waals surface area contributed by atoms with E-state index in [0.717, 1.165) is 31.9 Å². The second-order valence-corrected chi connectivity index (χ2v) is 6.81. The summed E-state index contributed by atoms with van der Waals surface area (Å²) in [4.78, 5) is 25.1. The Labute approximate surface area is 132 Å². The molecule has 2 heterocycles. The molecule has 0 spiro atoms. The topological polar surface area (TPSA) is 58.6 Å². The van der Waals surface area contributed by atoms with Gasteiger partial charge in [0.25, 0.3) is 0 Å². The van der Waals surface area contributed by atoms with Crippen LogP contribution in [0.15, 0.2) is 12.4 Å². The minimum Gasteiger partial charge on any atom is -0.494 e. The molecule has 0 radical (unpaired) electrons. The van der Waals surface area contributed by atoms with Gasteiger partial charge in [0.2, 0.25) is 11.9 Å². The Kier molecular flexibility index (Phi) is 4.88. The zero-order valence-corrected chi connectivity index (χ0v) is 14.2. The Morgan fingerprint density at radius 1 is 1.27 bits per heavy atom. The van der Waals surface area contributed by atoms with Gasteiger partial charge < -0.3 is 14.5 Å². The average molecular weight is 306 g/mol. The number of methoxy groups -OCH3 is 1. The summed E-state index contributed by atoms with van der Waals surface area (Å²) in [5, 5.41) is 0. The molecule has 1 saturated heterocycles. The van der Waals surface area contributed by atoms with Crippen LogP contribution in [-0.2, 0) is 4.79 Å². The van der Waals surface area contributed by atoms with Crippen molar-refractivity contribution in [3.8, 4) is 5.75 Å². The van der Waals surface area contributed by atoms with Gasteiger partial charge in [-0.3, -0.25) is 4.79 Å². The van der Waals surface area contributed by atoms with Gasteiger partial charge >= 0.3 is 0 Å². The van der Waals surface area contributed by atoms with E-state index in [2.05, 4.69) is 14.9 Å². The molecule has 0 atom stereocenters. The lowest BCUT2D eigenvalue weighted by atomic mass is 9.93. The van der Waals surface area contributed by atoms with E-state index in [-0.39, 0.29) is 11.3 Å². The molecule has 122 valence electrons. The van der Waals surface area contributed by atoms with Crippen LogP contribution in [0, 0.1) is 5.41 Å². The monoisotopic (exact) mass is 306 g/mol. The average Bonchev–Trinajstić information content (AvgIpc) is 2.53. The number of carbonyl (C=O) groups is 1. The lowest BCUT2D eigenvalue weighted by Gasteiger charge is -2.38. The molecule has 0 N–H and O–H groups in total. The Hall–Kier alpha value is -1.85. The van der Waals surface area contributed by atoms with E-state index in [0.29, 0.717) is 11.8 Å². The Bertz CT molecular complexity index is 502. The van der Waals surface area contributed by atoms with Gasteiger partial charge in [0, 0.05) is 31.6 Å². The van der Waals surface area contributed by atoms with Crippen molar-refractivity contribution in [1.82, 2.24) is 14.9 Å². The van der Waals surface area contributed by atoms with Crippen molar-refractivity contribution in [2.45, 2.75) is 39.7 Å². The number of rotatable bonds is 3. The number of anilines is 1. The molecule has 6 heteroatoms. The van der Waals surface area contributed by atoms with E-state index < -0.39 is 0 Å². The van der Waals surface area contributed by atoms with Crippen LogP contribution in [-0.4, -0.2) is 54.1 Å². The van der Waals surface area contributed by atoms with Crippen LogP contribution < -0.4 is 9.64 Å². The molecule has 0 bridgehead atoms. The third kappa shape index (κ3) is 3.67. The van der Waals surface area contributed by atoms with Crippen molar-refractivity contribution in [2.24, 2.45) is 5.41 Å². The maximum Gasteiger partial charge on any atom is 0.227 e. The van der Waals surface area contributed by atoms with Gasteiger partial charge in [-0.05, 0) is 12.8 Å². The first-order chi connectivity index (χ1) is 10.3. The molecule has 22 heavy (non-hydrogen) atoms. The molecule has 1 aromatic heterocycles. The Morgan fingerprint density at radius 3 is 2.27 bits per heavy atom. The van der Waals surface area contributed by atoms with E-state index in [9.17, 15) is 4.79 Å². The minimum atomic E-state index is -0.328. The van der Waals surface area contributed by atoms with Crippen molar-refractivity contribution in [2.75, 3.05) is 32.1 Å². The number of hydrogen-bond acceptors (Lipinski definition) is 5. The van der Waals surface area contributed by atoms with Gasteiger partial charge in [0.15, 0.2) is 5.75 Å². The second-order valence-electron chi connectivity index (χ2n) is 6.81. The summed E-state index contributed by atoms with van der Waals surface area (Å²) >= 11 is 0. The molecule has 0 aromatic carbocycles. The number of hydrogen-bond donors (Lipinski definition) is 0. The summed E-state index contributed by atoms with van der Waals surface area (Å²) in [6.07, 6.45) is 5.24. The van der Waals surface area contributed by atoms with E-state index in [1.165, 1.54) is 0 Å². The number of piperidine rings is 1. The van der Waals surface area contributed by atoms with E-state index in [1.54, 1.807) is 19.5 Å². The van der Waals surface area contributed by atoms with Crippen molar-refractivity contribution in [3.63, 3.8) is 0 Å². The molecular weight excluding hydrogens is 280 g/mol. The Morgan fingerprint density at radius 2 is 1.82 bits per heavy atom. The van der Waals surface area contributed by atoms with Gasteiger partial charge in [-0.15, -0.1) is 0 Å². The summed E-state index contributed by atoms with van der Waals surface area (Å²) in [5.41, 5.74) is -0.328. The van der Waals surface area contributed by atoms with Crippen molar-refractivity contribution < 1.29 is 9.53 Å². The third-order valence-corrected chi connectivity index (χ3v) is 4.11. The normalized spacial score (nSPS) is 16.5. The summed E-state index contributed by atoms with van der Waals surface area (Å²) < 4.78 is 5.08. The molecule has 0 unspecified atom stereocenters. The summed E-state index contributed by atoms with van der Waals surface area (Å²) in [6.45, 7) is 7.61. The van der Waals surface area contributed by atoms with Crippen LogP contribution in [0.4, 0.5) is 5.95 Å². The molecule has 0 aliphatic carbocycles. The Balaban J connectivity index is 1.93. The number of aromatic nitrogens is 2. The van der Waals surface area contributed by atoms with E-state index in [1.807, 2.05) is 32.7 Å². The predicted octanol–water partition coefficient (Wildman–Crippen LogP) is 1.96. The highest BCUT2D eigenvalue weighted by atomic mass is 16.5. The van der Waals surface area contributed by atoms with Gasteiger partial charge in [0.05, 0.1) is 19.5 Å². The van der Waals surface area contributed by atoms with E-state index >= 15 is 0 Å². The molecule has 1 amide bonds. The number of nitrogens with zero attached hydrogens (tertiary/aromatic N) is 4. The lowest BCUT2D eigenvalue weighted by molar-refractivity contribution is -0.140. The first kappa shape index (κ1) is 16.5. The van der Waals surface area contributed by atoms with Crippen LogP contribution >= 0.6 is 0 Å². The molecule has 1 fully saturated rings. The number of ether oxygens (including phenoxy) is 1. The van der Waals surface area contributed by atoms with Crippen LogP contribution in [0.5, 0.6) is 5.75 Å². The highest BCUT2D eigenvalue weighted by Gasteiger charge is 2.31. The van der Waals surface area contributed by atoms with Crippen molar-refractivity contribution in [3.05, 3.63) is 12.4 Å². The molecule has 1 aromatic rings. The van der Waals surface area contributed by atoms with Gasteiger partial charge in [0.1, 0.15) is 0 Å². The standard InChI is InChI=1S/C16H26N4O2/c1-16(2,3)14(21)19(4)12-6-8-20(9-7-12)15-17-10-13(22-5)11-18-15/h10-12H,6-9H2,1-5H3. The highest BCUT2D eigenvalue weighted by Crippen LogP contribution is 2.24. The highest BCUT2D eigenvalue weighted by molar-refractivity contribution is 5.81. The fraction of sp³-hybridized carbons (Fsp3) is 0.688. The number of carbonyl (C=O) groups excluding carboxylic acids is 1. The SMILES string of the molecule is COc1cnc(N2CCC(N(C)C(=O)C(C)(C)C)CC2)nc1. The summed E-state index contributed by atoms with van der Waals surface area (Å²) in [6, 6.07) is 0.293. The molecule has 1 aliphatic rings. The van der Waals surface area contributed by atoms with E-state index in [4.69, 9.17) is 4.74 Å². The zero-order valence-electron chi connectivity index (χ0n) is 14.2. The first-order valence-electron chi connectivity index (χ1n) is 7.71. The van der Waals surface area contributed by atoms with Crippen LogP contribution in [0.3, 0.4) is 0 Å². The molecule has 0 saturated carbocycles. The second kappa shape index (κ2) is 6.50. The van der Waals surface area contributed by atoms with Gasteiger partial charge in [-0.25, -0.2) is 9.97 Å². The molecule has 2 rings (SSSR count). The predicted molar refractivity (Wildman–Crippen MR) is 86.0 cm³/mol. The largest absolute Gasteiger partial charge is 0.494 e. The number of amides is 1.